The van der Waals surface area contributed by atoms with Crippen molar-refractivity contribution in [3.8, 4) is 0 Å². The van der Waals surface area contributed by atoms with E-state index in [1.165, 1.54) is 0 Å². The maximum Gasteiger partial charge on any atom is 0.150 e. The summed E-state index contributed by atoms with van der Waals surface area (Å²) in [6.07, 6.45) is 5.91. The van der Waals surface area contributed by atoms with Crippen LogP contribution in [0.25, 0.3) is 0 Å². The Hall–Kier alpha value is -0.880. The molecule has 5 nitrogen and oxygen atoms in total. The van der Waals surface area contributed by atoms with Crippen molar-refractivity contribution in [1.29, 1.82) is 0 Å². The molecular formula is C12H20N2O3S. The molecule has 1 aromatic rings. The number of sulfone groups is 1. The van der Waals surface area contributed by atoms with Crippen LogP contribution in [0.1, 0.15) is 18.7 Å². The third-order valence-corrected chi connectivity index (χ3v) is 5.62. The van der Waals surface area contributed by atoms with Gasteiger partial charge in [0.05, 0.1) is 11.5 Å². The van der Waals surface area contributed by atoms with Gasteiger partial charge in [-0.05, 0) is 24.7 Å². The second kappa shape index (κ2) is 5.40. The van der Waals surface area contributed by atoms with Gasteiger partial charge in [0.25, 0.3) is 0 Å². The Kier molecular flexibility index (Phi) is 4.07. The lowest BCUT2D eigenvalue weighted by Gasteiger charge is -2.19. The lowest BCUT2D eigenvalue weighted by molar-refractivity contribution is 0.175. The monoisotopic (exact) mass is 272 g/mol. The standard InChI is InChI=1S/C12H20N2O3S/c1-14-6-5-13-12(14)3-2-10(8-15)11-4-7-18(16,17)9-11/h5-6,10-11,15H,2-4,7-9H2,1H3. The van der Waals surface area contributed by atoms with Crippen molar-refractivity contribution in [2.75, 3.05) is 18.1 Å². The average molecular weight is 272 g/mol. The largest absolute Gasteiger partial charge is 0.396 e. The summed E-state index contributed by atoms with van der Waals surface area (Å²) in [7, 11) is -0.922. The highest BCUT2D eigenvalue weighted by Crippen LogP contribution is 2.28. The third kappa shape index (κ3) is 3.11. The topological polar surface area (TPSA) is 72.2 Å². The second-order valence-corrected chi connectivity index (χ2v) is 7.33. The quantitative estimate of drug-likeness (QED) is 0.842. The minimum atomic E-state index is -2.86. The van der Waals surface area contributed by atoms with Crippen LogP contribution in [0.5, 0.6) is 0 Å². The van der Waals surface area contributed by atoms with E-state index in [0.29, 0.717) is 6.42 Å². The number of hydrogen-bond donors (Lipinski definition) is 1. The third-order valence-electron chi connectivity index (χ3n) is 3.83. The van der Waals surface area contributed by atoms with Crippen LogP contribution in [-0.4, -0.2) is 41.2 Å². The Morgan fingerprint density at radius 1 is 1.61 bits per heavy atom. The van der Waals surface area contributed by atoms with E-state index in [4.69, 9.17) is 0 Å². The van der Waals surface area contributed by atoms with Gasteiger partial charge in [0.1, 0.15) is 5.82 Å². The van der Waals surface area contributed by atoms with Crippen LogP contribution in [0.2, 0.25) is 0 Å². The molecule has 6 heteroatoms. The first-order chi connectivity index (χ1) is 8.52. The van der Waals surface area contributed by atoms with Gasteiger partial charge in [0.15, 0.2) is 9.84 Å². The fraction of sp³-hybridized carbons (Fsp3) is 0.750. The van der Waals surface area contributed by atoms with E-state index in [1.807, 2.05) is 17.8 Å². The molecule has 0 aliphatic carbocycles. The normalized spacial score (nSPS) is 24.2. The Morgan fingerprint density at radius 3 is 2.89 bits per heavy atom. The van der Waals surface area contributed by atoms with Crippen molar-refractivity contribution in [3.63, 3.8) is 0 Å². The molecule has 0 aromatic carbocycles. The van der Waals surface area contributed by atoms with Crippen LogP contribution in [0, 0.1) is 11.8 Å². The van der Waals surface area contributed by atoms with Gasteiger partial charge in [-0.2, -0.15) is 0 Å². The molecule has 1 saturated heterocycles. The van der Waals surface area contributed by atoms with Gasteiger partial charge in [-0.1, -0.05) is 0 Å². The first kappa shape index (κ1) is 13.5. The van der Waals surface area contributed by atoms with Gasteiger partial charge in [-0.15, -0.1) is 0 Å². The van der Waals surface area contributed by atoms with Crippen molar-refractivity contribution >= 4 is 9.84 Å². The number of aromatic nitrogens is 2. The number of aryl methyl sites for hydroxylation is 2. The molecule has 2 atom stereocenters. The molecular weight excluding hydrogens is 252 g/mol. The molecule has 2 unspecified atom stereocenters. The van der Waals surface area contributed by atoms with Gasteiger partial charge < -0.3 is 9.67 Å². The lowest BCUT2D eigenvalue weighted by Crippen LogP contribution is -2.21. The zero-order valence-electron chi connectivity index (χ0n) is 10.6. The van der Waals surface area contributed by atoms with Crippen molar-refractivity contribution in [2.24, 2.45) is 18.9 Å². The molecule has 0 saturated carbocycles. The first-order valence-electron chi connectivity index (χ1n) is 6.29. The summed E-state index contributed by atoms with van der Waals surface area (Å²) in [5.41, 5.74) is 0. The number of aliphatic hydroxyl groups excluding tert-OH is 1. The summed E-state index contributed by atoms with van der Waals surface area (Å²) in [5, 5.41) is 9.43. The Labute approximate surface area is 108 Å². The molecule has 2 heterocycles. The molecule has 2 rings (SSSR count). The molecule has 102 valence electrons. The minimum Gasteiger partial charge on any atom is -0.396 e. The van der Waals surface area contributed by atoms with Gasteiger partial charge in [-0.25, -0.2) is 13.4 Å². The second-order valence-electron chi connectivity index (χ2n) is 5.10. The van der Waals surface area contributed by atoms with Crippen molar-refractivity contribution in [3.05, 3.63) is 18.2 Å². The van der Waals surface area contributed by atoms with E-state index in [0.717, 1.165) is 18.7 Å². The van der Waals surface area contributed by atoms with E-state index in [-0.39, 0.29) is 29.9 Å². The smallest absolute Gasteiger partial charge is 0.150 e. The van der Waals surface area contributed by atoms with E-state index in [9.17, 15) is 13.5 Å². The van der Waals surface area contributed by atoms with Crippen LogP contribution < -0.4 is 0 Å². The van der Waals surface area contributed by atoms with Crippen LogP contribution >= 0.6 is 0 Å². The van der Waals surface area contributed by atoms with Crippen molar-refractivity contribution in [1.82, 2.24) is 9.55 Å². The maximum absolute atomic E-state index is 11.5. The zero-order valence-corrected chi connectivity index (χ0v) is 11.4. The highest BCUT2D eigenvalue weighted by Gasteiger charge is 2.33. The maximum atomic E-state index is 11.5. The summed E-state index contributed by atoms with van der Waals surface area (Å²) in [6, 6.07) is 0. The first-order valence-corrected chi connectivity index (χ1v) is 8.11. The summed E-state index contributed by atoms with van der Waals surface area (Å²) >= 11 is 0. The number of aliphatic hydroxyl groups is 1. The van der Waals surface area contributed by atoms with Crippen molar-refractivity contribution < 1.29 is 13.5 Å². The van der Waals surface area contributed by atoms with Crippen LogP contribution in [0.4, 0.5) is 0 Å². The average Bonchev–Trinajstić information content (AvgIpc) is 2.87. The lowest BCUT2D eigenvalue weighted by atomic mass is 9.88. The molecule has 0 bridgehead atoms. The fourth-order valence-corrected chi connectivity index (χ4v) is 4.54. The Balaban J connectivity index is 1.92. The number of imidazole rings is 1. The summed E-state index contributed by atoms with van der Waals surface area (Å²) < 4.78 is 24.9. The summed E-state index contributed by atoms with van der Waals surface area (Å²) in [4.78, 5) is 4.24. The molecule has 0 radical (unpaired) electrons. The molecule has 0 spiro atoms. The van der Waals surface area contributed by atoms with E-state index >= 15 is 0 Å². The number of nitrogens with zero attached hydrogens (tertiary/aromatic N) is 2. The molecule has 18 heavy (non-hydrogen) atoms. The van der Waals surface area contributed by atoms with E-state index in [2.05, 4.69) is 4.98 Å². The summed E-state index contributed by atoms with van der Waals surface area (Å²) in [5.74, 6) is 1.67. The van der Waals surface area contributed by atoms with Crippen LogP contribution in [0.15, 0.2) is 12.4 Å². The molecule has 0 amide bonds. The molecule has 1 aliphatic heterocycles. The SMILES string of the molecule is Cn1ccnc1CCC(CO)C1CCS(=O)(=O)C1. The van der Waals surface area contributed by atoms with Gasteiger partial charge >= 0.3 is 0 Å². The fourth-order valence-electron chi connectivity index (χ4n) is 2.62. The van der Waals surface area contributed by atoms with Gasteiger partial charge in [0.2, 0.25) is 0 Å². The molecule has 1 fully saturated rings. The summed E-state index contributed by atoms with van der Waals surface area (Å²) in [6.45, 7) is 0.0601. The van der Waals surface area contributed by atoms with Gasteiger partial charge in [-0.3, -0.25) is 0 Å². The number of hydrogen-bond acceptors (Lipinski definition) is 4. The highest BCUT2D eigenvalue weighted by atomic mass is 32.2. The minimum absolute atomic E-state index is 0.0601. The van der Waals surface area contributed by atoms with Crippen LogP contribution in [-0.2, 0) is 23.3 Å². The van der Waals surface area contributed by atoms with Gasteiger partial charge in [0, 0.05) is 32.5 Å². The Morgan fingerprint density at radius 2 is 2.39 bits per heavy atom. The zero-order chi connectivity index (χ0) is 13.2. The molecule has 1 aliphatic rings. The highest BCUT2D eigenvalue weighted by molar-refractivity contribution is 7.91. The predicted molar refractivity (Wildman–Crippen MR) is 68.9 cm³/mol. The van der Waals surface area contributed by atoms with E-state index < -0.39 is 9.84 Å². The predicted octanol–water partition coefficient (Wildman–Crippen LogP) is 0.396. The van der Waals surface area contributed by atoms with E-state index in [1.54, 1.807) is 6.20 Å². The molecule has 1 N–H and O–H groups in total. The van der Waals surface area contributed by atoms with Crippen molar-refractivity contribution in [2.45, 2.75) is 19.3 Å². The molecule has 1 aromatic heterocycles. The number of rotatable bonds is 5. The Bertz CT molecular complexity index is 495. The van der Waals surface area contributed by atoms with Crippen LogP contribution in [0.3, 0.4) is 0 Å².